The minimum atomic E-state index is -0.916. The molecular weight excluding hydrogens is 288 g/mol. The van der Waals surface area contributed by atoms with Gasteiger partial charge in [0.1, 0.15) is 0 Å². The van der Waals surface area contributed by atoms with Crippen molar-refractivity contribution >= 4 is 5.97 Å². The Morgan fingerprint density at radius 2 is 1.96 bits per heavy atom. The van der Waals surface area contributed by atoms with E-state index in [1.807, 2.05) is 24.3 Å². The van der Waals surface area contributed by atoms with Gasteiger partial charge in [0.2, 0.25) is 0 Å². The van der Waals surface area contributed by atoms with E-state index in [-0.39, 0.29) is 6.04 Å². The molecular formula is C19H20N2O2. The third kappa shape index (κ3) is 5.24. The van der Waals surface area contributed by atoms with Crippen LogP contribution in [0.3, 0.4) is 0 Å². The molecule has 4 nitrogen and oxygen atoms in total. The minimum absolute atomic E-state index is 0.151. The van der Waals surface area contributed by atoms with E-state index in [9.17, 15) is 4.79 Å². The van der Waals surface area contributed by atoms with Crippen molar-refractivity contribution in [2.75, 3.05) is 0 Å². The first kappa shape index (κ1) is 16.7. The average Bonchev–Trinajstić information content (AvgIpc) is 2.59. The number of carboxylic acids is 1. The number of hydrogen-bond donors (Lipinski definition) is 2. The molecule has 0 heterocycles. The fraction of sp³-hybridized carbons (Fsp3) is 0.263. The number of rotatable bonds is 8. The van der Waals surface area contributed by atoms with Crippen LogP contribution in [0, 0.1) is 11.3 Å². The van der Waals surface area contributed by atoms with Crippen molar-refractivity contribution in [2.24, 2.45) is 0 Å². The lowest BCUT2D eigenvalue weighted by atomic mass is 10.0. The number of unbranched alkanes of at least 4 members (excludes halogenated alkanes) is 1. The molecule has 118 valence electrons. The van der Waals surface area contributed by atoms with Crippen molar-refractivity contribution < 1.29 is 9.90 Å². The van der Waals surface area contributed by atoms with E-state index >= 15 is 0 Å². The van der Waals surface area contributed by atoms with Crippen LogP contribution >= 0.6 is 0 Å². The molecule has 4 heteroatoms. The first-order chi connectivity index (χ1) is 11.2. The van der Waals surface area contributed by atoms with Crippen LogP contribution in [-0.2, 0) is 6.54 Å². The van der Waals surface area contributed by atoms with Gasteiger partial charge < -0.3 is 10.4 Å². The number of aromatic carboxylic acids is 1. The Morgan fingerprint density at radius 1 is 1.17 bits per heavy atom. The molecule has 0 spiro atoms. The molecule has 0 fully saturated rings. The first-order valence-corrected chi connectivity index (χ1v) is 7.68. The van der Waals surface area contributed by atoms with Crippen LogP contribution in [0.4, 0.5) is 0 Å². The number of hydrogen-bond acceptors (Lipinski definition) is 3. The molecule has 2 aromatic carbocycles. The molecule has 2 aromatic rings. The number of carboxylic acid groups (broad SMARTS) is 1. The van der Waals surface area contributed by atoms with Gasteiger partial charge in [0.15, 0.2) is 0 Å². The Kier molecular flexibility index (Phi) is 6.34. The highest BCUT2D eigenvalue weighted by molar-refractivity contribution is 5.87. The quantitative estimate of drug-likeness (QED) is 0.725. The molecule has 0 aromatic heterocycles. The summed E-state index contributed by atoms with van der Waals surface area (Å²) in [6, 6.07) is 19.4. The Labute approximate surface area is 136 Å². The zero-order chi connectivity index (χ0) is 16.5. The third-order valence-corrected chi connectivity index (χ3v) is 3.71. The van der Waals surface area contributed by atoms with Gasteiger partial charge in [-0.1, -0.05) is 42.5 Å². The Hall–Kier alpha value is -2.64. The number of nitrogens with one attached hydrogen (secondary N) is 1. The van der Waals surface area contributed by atoms with Crippen LogP contribution in [0.25, 0.3) is 0 Å². The summed E-state index contributed by atoms with van der Waals surface area (Å²) in [6.45, 7) is 0.591. The summed E-state index contributed by atoms with van der Waals surface area (Å²) in [6.07, 6.45) is 2.24. The van der Waals surface area contributed by atoms with Gasteiger partial charge in [-0.3, -0.25) is 0 Å². The summed E-state index contributed by atoms with van der Waals surface area (Å²) in [5, 5.41) is 21.2. The van der Waals surface area contributed by atoms with E-state index in [4.69, 9.17) is 10.4 Å². The van der Waals surface area contributed by atoms with Gasteiger partial charge in [-0.25, -0.2) is 4.79 Å². The standard InChI is InChI=1S/C19H20N2O2/c20-12-5-4-11-18(16-8-2-1-3-9-16)21-14-15-7-6-10-17(13-15)19(22)23/h1-3,6-10,13,18,21H,4-5,11,14H2,(H,22,23). The predicted molar refractivity (Wildman–Crippen MR) is 88.9 cm³/mol. The van der Waals surface area contributed by atoms with Gasteiger partial charge >= 0.3 is 5.97 Å². The summed E-state index contributed by atoms with van der Waals surface area (Å²) in [5.41, 5.74) is 2.41. The second-order valence-corrected chi connectivity index (χ2v) is 5.40. The Morgan fingerprint density at radius 3 is 2.65 bits per heavy atom. The third-order valence-electron chi connectivity index (χ3n) is 3.71. The Bertz CT molecular complexity index is 677. The molecule has 0 aliphatic heterocycles. The average molecular weight is 308 g/mol. The van der Waals surface area contributed by atoms with E-state index < -0.39 is 5.97 Å². The highest BCUT2D eigenvalue weighted by atomic mass is 16.4. The van der Waals surface area contributed by atoms with Crippen LogP contribution in [0.15, 0.2) is 54.6 Å². The van der Waals surface area contributed by atoms with Gasteiger partial charge in [0, 0.05) is 19.0 Å². The molecule has 23 heavy (non-hydrogen) atoms. The highest BCUT2D eigenvalue weighted by Crippen LogP contribution is 2.20. The van der Waals surface area contributed by atoms with Crippen LogP contribution in [0.5, 0.6) is 0 Å². The van der Waals surface area contributed by atoms with Crippen molar-refractivity contribution in [2.45, 2.75) is 31.8 Å². The van der Waals surface area contributed by atoms with Crippen LogP contribution in [-0.4, -0.2) is 11.1 Å². The fourth-order valence-electron chi connectivity index (χ4n) is 2.51. The van der Waals surface area contributed by atoms with Gasteiger partial charge in [0.25, 0.3) is 0 Å². The smallest absolute Gasteiger partial charge is 0.335 e. The van der Waals surface area contributed by atoms with E-state index in [1.54, 1.807) is 18.2 Å². The lowest BCUT2D eigenvalue weighted by molar-refractivity contribution is 0.0696. The number of nitrogens with zero attached hydrogens (tertiary/aromatic N) is 1. The van der Waals surface area contributed by atoms with Crippen molar-refractivity contribution in [3.63, 3.8) is 0 Å². The summed E-state index contributed by atoms with van der Waals surface area (Å²) in [4.78, 5) is 11.0. The normalized spacial score (nSPS) is 11.6. The minimum Gasteiger partial charge on any atom is -0.478 e. The molecule has 0 saturated carbocycles. The maximum Gasteiger partial charge on any atom is 0.335 e. The van der Waals surface area contributed by atoms with Crippen LogP contribution in [0.2, 0.25) is 0 Å². The van der Waals surface area contributed by atoms with Crippen molar-refractivity contribution in [3.05, 3.63) is 71.3 Å². The number of benzene rings is 2. The van der Waals surface area contributed by atoms with Crippen molar-refractivity contribution in [1.82, 2.24) is 5.32 Å². The zero-order valence-corrected chi connectivity index (χ0v) is 12.9. The summed E-state index contributed by atoms with van der Waals surface area (Å²) >= 11 is 0. The second kappa shape index (κ2) is 8.72. The topological polar surface area (TPSA) is 73.1 Å². The lowest BCUT2D eigenvalue weighted by Crippen LogP contribution is -2.21. The van der Waals surface area contributed by atoms with Crippen LogP contribution < -0.4 is 5.32 Å². The lowest BCUT2D eigenvalue weighted by Gasteiger charge is -2.19. The Balaban J connectivity index is 2.04. The molecule has 0 amide bonds. The molecule has 1 atom stereocenters. The predicted octanol–water partition coefficient (Wildman–Crippen LogP) is 3.91. The largest absolute Gasteiger partial charge is 0.478 e. The van der Waals surface area contributed by atoms with Crippen molar-refractivity contribution in [3.8, 4) is 6.07 Å². The summed E-state index contributed by atoms with van der Waals surface area (Å²) < 4.78 is 0. The molecule has 2 rings (SSSR count). The first-order valence-electron chi connectivity index (χ1n) is 7.68. The molecule has 0 radical (unpaired) electrons. The molecule has 0 saturated heterocycles. The monoisotopic (exact) mass is 308 g/mol. The maximum absolute atomic E-state index is 11.0. The van der Waals surface area contributed by atoms with E-state index in [2.05, 4.69) is 23.5 Å². The molecule has 0 aliphatic rings. The molecule has 0 bridgehead atoms. The number of nitriles is 1. The van der Waals surface area contributed by atoms with E-state index in [0.29, 0.717) is 18.5 Å². The van der Waals surface area contributed by atoms with Crippen molar-refractivity contribution in [1.29, 1.82) is 5.26 Å². The molecule has 2 N–H and O–H groups in total. The second-order valence-electron chi connectivity index (χ2n) is 5.40. The van der Waals surface area contributed by atoms with Gasteiger partial charge in [-0.15, -0.1) is 0 Å². The summed E-state index contributed by atoms with van der Waals surface area (Å²) in [7, 11) is 0. The fourth-order valence-corrected chi connectivity index (χ4v) is 2.51. The maximum atomic E-state index is 11.0. The molecule has 1 unspecified atom stereocenters. The zero-order valence-electron chi connectivity index (χ0n) is 12.9. The van der Waals surface area contributed by atoms with Gasteiger partial charge in [0.05, 0.1) is 11.6 Å². The number of carbonyl (C=O) groups is 1. The highest BCUT2D eigenvalue weighted by Gasteiger charge is 2.11. The SMILES string of the molecule is N#CCCCC(NCc1cccc(C(=O)O)c1)c1ccccc1. The van der Waals surface area contributed by atoms with E-state index in [1.165, 1.54) is 5.56 Å². The molecule has 0 aliphatic carbocycles. The van der Waals surface area contributed by atoms with E-state index in [0.717, 1.165) is 18.4 Å². The summed E-state index contributed by atoms with van der Waals surface area (Å²) in [5.74, 6) is -0.916. The van der Waals surface area contributed by atoms with Gasteiger partial charge in [-0.05, 0) is 36.1 Å². The van der Waals surface area contributed by atoms with Gasteiger partial charge in [-0.2, -0.15) is 5.26 Å². The van der Waals surface area contributed by atoms with Crippen LogP contribution in [0.1, 0.15) is 46.8 Å².